The van der Waals surface area contributed by atoms with Gasteiger partial charge in [0.25, 0.3) is 0 Å². The molecule has 1 aromatic heterocycles. The highest BCUT2D eigenvalue weighted by Crippen LogP contribution is 2.24. The second-order valence-corrected chi connectivity index (χ2v) is 4.71. The number of nitrogens with zero attached hydrogens (tertiary/aromatic N) is 2. The minimum atomic E-state index is -0.628. The van der Waals surface area contributed by atoms with E-state index in [-0.39, 0.29) is 0 Å². The number of rotatable bonds is 4. The summed E-state index contributed by atoms with van der Waals surface area (Å²) in [6.45, 7) is 1.92. The van der Waals surface area contributed by atoms with Gasteiger partial charge in [-0.15, -0.1) is 0 Å². The molecule has 2 rings (SSSR count). The molecule has 1 heterocycles. The van der Waals surface area contributed by atoms with Gasteiger partial charge in [-0.1, -0.05) is 17.7 Å². The first kappa shape index (κ1) is 13.8. The van der Waals surface area contributed by atoms with E-state index in [4.69, 9.17) is 16.3 Å². The van der Waals surface area contributed by atoms with E-state index in [2.05, 4.69) is 9.97 Å². The van der Waals surface area contributed by atoms with Gasteiger partial charge in [-0.2, -0.15) is 0 Å². The van der Waals surface area contributed by atoms with Crippen molar-refractivity contribution in [2.24, 2.45) is 0 Å². The van der Waals surface area contributed by atoms with Gasteiger partial charge in [0.2, 0.25) is 5.88 Å². The van der Waals surface area contributed by atoms with Gasteiger partial charge >= 0.3 is 0 Å². The maximum absolute atomic E-state index is 10.3. The Morgan fingerprint density at radius 2 is 2.11 bits per heavy atom. The highest BCUT2D eigenvalue weighted by molar-refractivity contribution is 6.30. The smallest absolute Gasteiger partial charge is 0.216 e. The van der Waals surface area contributed by atoms with Gasteiger partial charge in [-0.05, 0) is 30.2 Å². The third-order valence-electron chi connectivity index (χ3n) is 2.90. The summed E-state index contributed by atoms with van der Waals surface area (Å²) < 4.78 is 5.03. The lowest BCUT2D eigenvalue weighted by Gasteiger charge is -2.13. The Morgan fingerprint density at radius 1 is 1.32 bits per heavy atom. The Kier molecular flexibility index (Phi) is 4.35. The maximum Gasteiger partial charge on any atom is 0.216 e. The summed E-state index contributed by atoms with van der Waals surface area (Å²) in [5, 5.41) is 10.9. The van der Waals surface area contributed by atoms with E-state index in [9.17, 15) is 5.11 Å². The molecule has 0 bridgehead atoms. The molecule has 0 spiro atoms. The number of halogens is 1. The van der Waals surface area contributed by atoms with Crippen molar-refractivity contribution in [1.82, 2.24) is 9.97 Å². The quantitative estimate of drug-likeness (QED) is 0.934. The lowest BCUT2D eigenvalue weighted by molar-refractivity contribution is 0.176. The predicted octanol–water partition coefficient (Wildman–Crippen LogP) is 2.72. The second-order valence-electron chi connectivity index (χ2n) is 4.27. The van der Waals surface area contributed by atoms with Crippen LogP contribution in [0.4, 0.5) is 0 Å². The zero-order chi connectivity index (χ0) is 13.8. The number of aromatic nitrogens is 2. The van der Waals surface area contributed by atoms with E-state index in [0.717, 1.165) is 16.8 Å². The number of benzene rings is 1. The molecular formula is C14H15ClN2O2. The molecule has 0 radical (unpaired) electrons. The van der Waals surface area contributed by atoms with Gasteiger partial charge in [-0.3, -0.25) is 0 Å². The molecule has 100 valence electrons. The average molecular weight is 279 g/mol. The van der Waals surface area contributed by atoms with E-state index in [1.54, 1.807) is 19.2 Å². The van der Waals surface area contributed by atoms with Crippen molar-refractivity contribution >= 4 is 11.6 Å². The highest BCUT2D eigenvalue weighted by Gasteiger charge is 2.13. The Hall–Kier alpha value is -1.65. The van der Waals surface area contributed by atoms with Gasteiger partial charge in [0, 0.05) is 17.5 Å². The Bertz CT molecular complexity index is 575. The minimum absolute atomic E-state index is 0.404. The third-order valence-corrected chi connectivity index (χ3v) is 3.14. The molecule has 1 unspecified atom stereocenters. The molecule has 0 saturated heterocycles. The van der Waals surface area contributed by atoms with Gasteiger partial charge < -0.3 is 9.84 Å². The van der Waals surface area contributed by atoms with Crippen molar-refractivity contribution in [2.45, 2.75) is 19.4 Å². The van der Waals surface area contributed by atoms with Crippen LogP contribution >= 0.6 is 11.6 Å². The molecule has 1 aromatic carbocycles. The molecule has 1 atom stereocenters. The fourth-order valence-electron chi connectivity index (χ4n) is 1.92. The molecule has 0 aliphatic carbocycles. The van der Waals surface area contributed by atoms with Crippen molar-refractivity contribution in [3.05, 3.63) is 52.4 Å². The van der Waals surface area contributed by atoms with Crippen LogP contribution < -0.4 is 4.74 Å². The zero-order valence-electron chi connectivity index (χ0n) is 10.8. The molecule has 1 N–H and O–H groups in total. The lowest BCUT2D eigenvalue weighted by Crippen LogP contribution is -2.06. The highest BCUT2D eigenvalue weighted by atomic mass is 35.5. The number of aliphatic hydroxyl groups is 1. The fourth-order valence-corrected chi connectivity index (χ4v) is 2.15. The maximum atomic E-state index is 10.3. The van der Waals surface area contributed by atoms with Crippen molar-refractivity contribution in [3.8, 4) is 5.88 Å². The van der Waals surface area contributed by atoms with Crippen LogP contribution in [0, 0.1) is 6.92 Å². The van der Waals surface area contributed by atoms with Gasteiger partial charge in [-0.25, -0.2) is 9.97 Å². The summed E-state index contributed by atoms with van der Waals surface area (Å²) in [6.07, 6.45) is 1.20. The predicted molar refractivity (Wildman–Crippen MR) is 73.4 cm³/mol. The number of aliphatic hydroxyl groups excluding tert-OH is 1. The molecule has 19 heavy (non-hydrogen) atoms. The van der Waals surface area contributed by atoms with Crippen LogP contribution in [-0.2, 0) is 6.42 Å². The fraction of sp³-hybridized carbons (Fsp3) is 0.286. The van der Waals surface area contributed by atoms with Crippen molar-refractivity contribution in [3.63, 3.8) is 0 Å². The SMILES string of the molecule is COc1cc(CC(O)c2ccc(Cl)cc2C)ncn1. The molecule has 0 fully saturated rings. The normalized spacial score (nSPS) is 12.2. The number of aryl methyl sites for hydroxylation is 1. The van der Waals surface area contributed by atoms with E-state index >= 15 is 0 Å². The van der Waals surface area contributed by atoms with Crippen molar-refractivity contribution < 1.29 is 9.84 Å². The standard InChI is InChI=1S/C14H15ClN2O2/c1-9-5-10(15)3-4-12(9)13(18)6-11-7-14(19-2)17-8-16-11/h3-5,7-8,13,18H,6H2,1-2H3. The van der Waals surface area contributed by atoms with Crippen LogP contribution in [0.15, 0.2) is 30.6 Å². The van der Waals surface area contributed by atoms with Gasteiger partial charge in [0.1, 0.15) is 6.33 Å². The first-order valence-electron chi connectivity index (χ1n) is 5.89. The van der Waals surface area contributed by atoms with E-state index in [1.807, 2.05) is 19.1 Å². The molecule has 2 aromatic rings. The van der Waals surface area contributed by atoms with Gasteiger partial charge in [0.15, 0.2) is 0 Å². The van der Waals surface area contributed by atoms with E-state index < -0.39 is 6.10 Å². The molecule has 0 amide bonds. The van der Waals surface area contributed by atoms with Crippen LogP contribution in [0.1, 0.15) is 22.9 Å². The molecule has 4 nitrogen and oxygen atoms in total. The summed E-state index contributed by atoms with van der Waals surface area (Å²) in [5.41, 5.74) is 2.54. The summed E-state index contributed by atoms with van der Waals surface area (Å²) in [4.78, 5) is 8.06. The first-order valence-corrected chi connectivity index (χ1v) is 6.27. The lowest BCUT2D eigenvalue weighted by atomic mass is 10.00. The van der Waals surface area contributed by atoms with E-state index in [0.29, 0.717) is 17.3 Å². The number of hydrogen-bond acceptors (Lipinski definition) is 4. The van der Waals surface area contributed by atoms with Crippen LogP contribution in [-0.4, -0.2) is 22.2 Å². The molecular weight excluding hydrogens is 264 g/mol. The van der Waals surface area contributed by atoms with Crippen LogP contribution in [0.3, 0.4) is 0 Å². The van der Waals surface area contributed by atoms with E-state index in [1.165, 1.54) is 6.33 Å². The Balaban J connectivity index is 2.17. The van der Waals surface area contributed by atoms with Gasteiger partial charge in [0.05, 0.1) is 18.9 Å². The zero-order valence-corrected chi connectivity index (χ0v) is 11.6. The van der Waals surface area contributed by atoms with Crippen LogP contribution in [0.25, 0.3) is 0 Å². The van der Waals surface area contributed by atoms with Crippen LogP contribution in [0.2, 0.25) is 5.02 Å². The monoisotopic (exact) mass is 278 g/mol. The third kappa shape index (κ3) is 3.43. The topological polar surface area (TPSA) is 55.2 Å². The first-order chi connectivity index (χ1) is 9.10. The summed E-state index contributed by atoms with van der Waals surface area (Å²) in [6, 6.07) is 7.16. The molecule has 5 heteroatoms. The largest absolute Gasteiger partial charge is 0.481 e. The summed E-state index contributed by atoms with van der Waals surface area (Å²) >= 11 is 5.90. The molecule has 0 saturated carbocycles. The number of hydrogen-bond donors (Lipinski definition) is 1. The number of ether oxygens (including phenoxy) is 1. The van der Waals surface area contributed by atoms with Crippen molar-refractivity contribution in [2.75, 3.05) is 7.11 Å². The summed E-state index contributed by atoms with van der Waals surface area (Å²) in [7, 11) is 1.55. The average Bonchev–Trinajstić information content (AvgIpc) is 2.38. The summed E-state index contributed by atoms with van der Waals surface area (Å²) in [5.74, 6) is 0.491. The van der Waals surface area contributed by atoms with Crippen molar-refractivity contribution in [1.29, 1.82) is 0 Å². The Morgan fingerprint density at radius 3 is 2.79 bits per heavy atom. The Labute approximate surface area is 117 Å². The number of methoxy groups -OCH3 is 1. The molecule has 0 aliphatic heterocycles. The minimum Gasteiger partial charge on any atom is -0.481 e. The molecule has 0 aliphatic rings. The van der Waals surface area contributed by atoms with Crippen LogP contribution in [0.5, 0.6) is 5.88 Å². The second kappa shape index (κ2) is 5.99.